The van der Waals surface area contributed by atoms with Crippen molar-refractivity contribution in [1.82, 2.24) is 19.8 Å². The van der Waals surface area contributed by atoms with Crippen LogP contribution in [0, 0.1) is 5.92 Å². The van der Waals surface area contributed by atoms with Crippen LogP contribution in [0.25, 0.3) is 11.0 Å². The number of fused-ring (bicyclic) bond motifs is 1. The summed E-state index contributed by atoms with van der Waals surface area (Å²) in [5.41, 5.74) is 4.72. The Morgan fingerprint density at radius 3 is 2.76 bits per heavy atom. The van der Waals surface area contributed by atoms with E-state index >= 15 is 0 Å². The second-order valence-electron chi connectivity index (χ2n) is 7.63. The Kier molecular flexibility index (Phi) is 6.10. The maximum atomic E-state index is 5.30. The molecular weight excluding hydrogens is 362 g/mol. The van der Waals surface area contributed by atoms with E-state index in [2.05, 4.69) is 61.2 Å². The first-order chi connectivity index (χ1) is 14.3. The number of ether oxygens (including phenoxy) is 1. The first-order valence-corrected chi connectivity index (χ1v) is 10.2. The Morgan fingerprint density at radius 1 is 1.17 bits per heavy atom. The zero-order valence-electron chi connectivity index (χ0n) is 17.2. The number of aliphatic imine (C=N–C) groups is 1. The maximum Gasteiger partial charge on any atom is 0.193 e. The molecule has 1 aliphatic rings. The number of likely N-dealkylation sites (tertiary alicyclic amines) is 1. The van der Waals surface area contributed by atoms with Crippen molar-refractivity contribution in [3.05, 3.63) is 66.0 Å². The molecule has 1 N–H and O–H groups in total. The van der Waals surface area contributed by atoms with Gasteiger partial charge in [-0.3, -0.25) is 4.99 Å². The van der Waals surface area contributed by atoms with Crippen LogP contribution in [0.3, 0.4) is 0 Å². The molecule has 1 aliphatic heterocycles. The molecule has 0 saturated carbocycles. The second-order valence-corrected chi connectivity index (χ2v) is 7.63. The van der Waals surface area contributed by atoms with Crippen molar-refractivity contribution in [2.24, 2.45) is 10.9 Å². The van der Waals surface area contributed by atoms with Gasteiger partial charge in [-0.15, -0.1) is 0 Å². The molecule has 2 aromatic carbocycles. The predicted molar refractivity (Wildman–Crippen MR) is 117 cm³/mol. The van der Waals surface area contributed by atoms with E-state index in [0.717, 1.165) is 50.7 Å². The first-order valence-electron chi connectivity index (χ1n) is 10.2. The van der Waals surface area contributed by atoms with Crippen LogP contribution in [0.2, 0.25) is 0 Å². The summed E-state index contributed by atoms with van der Waals surface area (Å²) in [7, 11) is 3.62. The Balaban J connectivity index is 1.33. The molecule has 2 heterocycles. The quantitative estimate of drug-likeness (QED) is 0.518. The molecule has 6 heteroatoms. The van der Waals surface area contributed by atoms with Gasteiger partial charge >= 0.3 is 0 Å². The lowest BCUT2D eigenvalue weighted by Gasteiger charge is -2.21. The van der Waals surface area contributed by atoms with Gasteiger partial charge in [0.05, 0.1) is 24.0 Å². The Labute approximate surface area is 172 Å². The zero-order chi connectivity index (χ0) is 20.1. The van der Waals surface area contributed by atoms with Crippen LogP contribution >= 0.6 is 0 Å². The van der Waals surface area contributed by atoms with Crippen molar-refractivity contribution in [2.45, 2.75) is 19.5 Å². The van der Waals surface area contributed by atoms with E-state index in [1.54, 1.807) is 7.11 Å². The van der Waals surface area contributed by atoms with Crippen LogP contribution in [-0.4, -0.2) is 54.3 Å². The largest absolute Gasteiger partial charge is 0.384 e. The molecule has 152 valence electrons. The Morgan fingerprint density at radius 2 is 1.97 bits per heavy atom. The number of rotatable bonds is 6. The van der Waals surface area contributed by atoms with E-state index in [4.69, 9.17) is 4.74 Å². The van der Waals surface area contributed by atoms with Crippen LogP contribution in [-0.2, 0) is 17.8 Å². The van der Waals surface area contributed by atoms with E-state index in [1.807, 2.05) is 25.5 Å². The summed E-state index contributed by atoms with van der Waals surface area (Å²) in [6.07, 6.45) is 3.07. The van der Waals surface area contributed by atoms with Gasteiger partial charge in [-0.2, -0.15) is 0 Å². The van der Waals surface area contributed by atoms with Crippen LogP contribution in [0.15, 0.2) is 59.9 Å². The Hall–Kier alpha value is -2.86. The molecule has 1 saturated heterocycles. The maximum absolute atomic E-state index is 5.30. The summed E-state index contributed by atoms with van der Waals surface area (Å²) in [6.45, 7) is 4.45. The lowest BCUT2D eigenvalue weighted by molar-refractivity contribution is 0.157. The lowest BCUT2D eigenvalue weighted by Crippen LogP contribution is -2.39. The fourth-order valence-electron chi connectivity index (χ4n) is 4.01. The summed E-state index contributed by atoms with van der Waals surface area (Å²) in [5, 5.41) is 3.50. The summed E-state index contributed by atoms with van der Waals surface area (Å²) < 4.78 is 7.49. The second kappa shape index (κ2) is 9.09. The number of nitrogens with one attached hydrogen (secondary N) is 1. The van der Waals surface area contributed by atoms with Gasteiger partial charge < -0.3 is 19.5 Å². The number of guanidine groups is 1. The highest BCUT2D eigenvalue weighted by atomic mass is 16.5. The normalized spacial score (nSPS) is 17.2. The SMILES string of the molecule is CN=C(NCc1ccc(Cn2cnc3ccccc32)cc1)N1CCC(COC)C1. The summed E-state index contributed by atoms with van der Waals surface area (Å²) >= 11 is 0. The molecule has 0 spiro atoms. The lowest BCUT2D eigenvalue weighted by atomic mass is 10.1. The minimum absolute atomic E-state index is 0.595. The minimum Gasteiger partial charge on any atom is -0.384 e. The monoisotopic (exact) mass is 391 g/mol. The topological polar surface area (TPSA) is 54.7 Å². The van der Waals surface area contributed by atoms with Gasteiger partial charge in [0.2, 0.25) is 0 Å². The first kappa shape index (κ1) is 19.5. The number of aromatic nitrogens is 2. The van der Waals surface area contributed by atoms with Crippen LogP contribution in [0.1, 0.15) is 17.5 Å². The van der Waals surface area contributed by atoms with Crippen LogP contribution < -0.4 is 5.32 Å². The van der Waals surface area contributed by atoms with Crippen molar-refractivity contribution in [3.8, 4) is 0 Å². The van der Waals surface area contributed by atoms with Gasteiger partial charge in [0.1, 0.15) is 0 Å². The van der Waals surface area contributed by atoms with Crippen LogP contribution in [0.5, 0.6) is 0 Å². The molecule has 6 nitrogen and oxygen atoms in total. The van der Waals surface area contributed by atoms with Crippen molar-refractivity contribution in [2.75, 3.05) is 33.9 Å². The smallest absolute Gasteiger partial charge is 0.193 e. The molecular formula is C23H29N5O. The van der Waals surface area contributed by atoms with Crippen molar-refractivity contribution < 1.29 is 4.74 Å². The Bertz CT molecular complexity index is 963. The molecule has 1 fully saturated rings. The summed E-state index contributed by atoms with van der Waals surface area (Å²) in [6, 6.07) is 17.0. The average molecular weight is 392 g/mol. The molecule has 0 bridgehead atoms. The fraction of sp³-hybridized carbons (Fsp3) is 0.391. The van der Waals surface area contributed by atoms with Gasteiger partial charge in [0, 0.05) is 46.3 Å². The summed E-state index contributed by atoms with van der Waals surface area (Å²) in [4.78, 5) is 11.3. The number of nitrogens with zero attached hydrogens (tertiary/aromatic N) is 4. The highest BCUT2D eigenvalue weighted by Crippen LogP contribution is 2.17. The predicted octanol–water partition coefficient (Wildman–Crippen LogP) is 3.13. The van der Waals surface area contributed by atoms with Gasteiger partial charge in [0.25, 0.3) is 0 Å². The number of para-hydroxylation sites is 2. The fourth-order valence-corrected chi connectivity index (χ4v) is 4.01. The van der Waals surface area contributed by atoms with Crippen LogP contribution in [0.4, 0.5) is 0 Å². The van der Waals surface area contributed by atoms with E-state index in [1.165, 1.54) is 16.6 Å². The molecule has 1 atom stereocenters. The van der Waals surface area contributed by atoms with Gasteiger partial charge in [-0.25, -0.2) is 4.98 Å². The highest BCUT2D eigenvalue weighted by Gasteiger charge is 2.24. The minimum atomic E-state index is 0.595. The van der Waals surface area contributed by atoms with E-state index in [-0.39, 0.29) is 0 Å². The average Bonchev–Trinajstić information content (AvgIpc) is 3.38. The molecule has 29 heavy (non-hydrogen) atoms. The van der Waals surface area contributed by atoms with E-state index in [9.17, 15) is 0 Å². The molecule has 0 aliphatic carbocycles. The van der Waals surface area contributed by atoms with Gasteiger partial charge in [-0.1, -0.05) is 36.4 Å². The number of benzene rings is 2. The molecule has 0 radical (unpaired) electrons. The van der Waals surface area contributed by atoms with E-state index < -0.39 is 0 Å². The molecule has 3 aromatic rings. The molecule has 1 unspecified atom stereocenters. The number of hydrogen-bond donors (Lipinski definition) is 1. The molecule has 1 aromatic heterocycles. The molecule has 4 rings (SSSR count). The standard InChI is InChI=1S/C23H29N5O/c1-24-23(27-12-11-20(15-27)16-29-2)25-13-18-7-9-19(10-8-18)14-28-17-26-21-5-3-4-6-22(21)28/h3-10,17,20H,11-16H2,1-2H3,(H,24,25). The third-order valence-electron chi connectivity index (χ3n) is 5.55. The van der Waals surface area contributed by atoms with Crippen molar-refractivity contribution in [1.29, 1.82) is 0 Å². The highest BCUT2D eigenvalue weighted by molar-refractivity contribution is 5.80. The number of hydrogen-bond acceptors (Lipinski definition) is 3. The zero-order valence-corrected chi connectivity index (χ0v) is 17.2. The van der Waals surface area contributed by atoms with Crippen molar-refractivity contribution >= 4 is 17.0 Å². The van der Waals surface area contributed by atoms with Gasteiger partial charge in [-0.05, 0) is 29.7 Å². The van der Waals surface area contributed by atoms with E-state index in [0.29, 0.717) is 5.92 Å². The summed E-state index contributed by atoms with van der Waals surface area (Å²) in [5.74, 6) is 1.56. The third kappa shape index (κ3) is 4.59. The van der Waals surface area contributed by atoms with Gasteiger partial charge in [0.15, 0.2) is 5.96 Å². The third-order valence-corrected chi connectivity index (χ3v) is 5.55. The van der Waals surface area contributed by atoms with Crippen molar-refractivity contribution in [3.63, 3.8) is 0 Å². The molecule has 0 amide bonds. The number of methoxy groups -OCH3 is 1. The number of imidazole rings is 1.